The summed E-state index contributed by atoms with van der Waals surface area (Å²) in [6, 6.07) is 0. The van der Waals surface area contributed by atoms with Gasteiger partial charge >= 0.3 is 0 Å². The maximum absolute atomic E-state index is 9.63. The van der Waals surface area contributed by atoms with E-state index >= 15 is 0 Å². The second-order valence-electron chi connectivity index (χ2n) is 5.56. The molecule has 0 bridgehead atoms. The minimum atomic E-state index is -0.0963. The first-order chi connectivity index (χ1) is 6.98. The topological polar surface area (TPSA) is 20.2 Å². The third-order valence-electron chi connectivity index (χ3n) is 4.24. The van der Waals surface area contributed by atoms with Crippen molar-refractivity contribution in [1.29, 1.82) is 0 Å². The zero-order chi connectivity index (χ0) is 11.5. The van der Waals surface area contributed by atoms with Gasteiger partial charge in [0.15, 0.2) is 0 Å². The minimum Gasteiger partial charge on any atom is -0.393 e. The van der Waals surface area contributed by atoms with Gasteiger partial charge in [-0.2, -0.15) is 0 Å². The van der Waals surface area contributed by atoms with Gasteiger partial charge in [0.2, 0.25) is 0 Å². The number of aliphatic hydroxyl groups excluding tert-OH is 1. The van der Waals surface area contributed by atoms with Crippen molar-refractivity contribution in [3.05, 3.63) is 11.6 Å². The Balaban J connectivity index is 2.52. The van der Waals surface area contributed by atoms with Crippen molar-refractivity contribution in [3.8, 4) is 0 Å². The van der Waals surface area contributed by atoms with Gasteiger partial charge in [-0.3, -0.25) is 0 Å². The van der Waals surface area contributed by atoms with Gasteiger partial charge in [-0.05, 0) is 50.4 Å². The fourth-order valence-corrected chi connectivity index (χ4v) is 2.47. The average molecular weight is 210 g/mol. The number of hydrogen-bond donors (Lipinski definition) is 1. The van der Waals surface area contributed by atoms with Gasteiger partial charge in [-0.15, -0.1) is 0 Å². The molecule has 1 aliphatic carbocycles. The molecule has 88 valence electrons. The summed E-state index contributed by atoms with van der Waals surface area (Å²) < 4.78 is 0. The van der Waals surface area contributed by atoms with Crippen LogP contribution in [0.5, 0.6) is 0 Å². The summed E-state index contributed by atoms with van der Waals surface area (Å²) in [5.74, 6) is 0.662. The Morgan fingerprint density at radius 2 is 2.27 bits per heavy atom. The second kappa shape index (κ2) is 5.16. The third-order valence-corrected chi connectivity index (χ3v) is 4.24. The molecule has 0 aromatic heterocycles. The summed E-state index contributed by atoms with van der Waals surface area (Å²) in [6.45, 7) is 8.99. The lowest BCUT2D eigenvalue weighted by atomic mass is 9.67. The van der Waals surface area contributed by atoms with Gasteiger partial charge in [-0.1, -0.05) is 32.4 Å². The van der Waals surface area contributed by atoms with Gasteiger partial charge in [0.1, 0.15) is 0 Å². The number of allylic oxidation sites excluding steroid dienone is 2. The van der Waals surface area contributed by atoms with Crippen LogP contribution in [0.25, 0.3) is 0 Å². The molecule has 0 heterocycles. The fourth-order valence-electron chi connectivity index (χ4n) is 2.47. The van der Waals surface area contributed by atoms with E-state index < -0.39 is 0 Å². The van der Waals surface area contributed by atoms with Crippen LogP contribution < -0.4 is 0 Å². The van der Waals surface area contributed by atoms with Crippen molar-refractivity contribution < 1.29 is 5.11 Å². The summed E-state index contributed by atoms with van der Waals surface area (Å²) in [4.78, 5) is 0. The molecular formula is C14H26O. The Labute approximate surface area is 94.6 Å². The maximum atomic E-state index is 9.63. The van der Waals surface area contributed by atoms with Crippen molar-refractivity contribution >= 4 is 0 Å². The molecule has 0 saturated carbocycles. The first-order valence-electron chi connectivity index (χ1n) is 6.33. The van der Waals surface area contributed by atoms with Crippen LogP contribution in [0.4, 0.5) is 0 Å². The first kappa shape index (κ1) is 12.8. The van der Waals surface area contributed by atoms with Crippen LogP contribution in [0, 0.1) is 11.3 Å². The van der Waals surface area contributed by atoms with E-state index in [1.54, 1.807) is 0 Å². The maximum Gasteiger partial charge on any atom is 0.0537 e. The zero-order valence-corrected chi connectivity index (χ0v) is 10.7. The number of rotatable bonds is 4. The molecule has 0 aromatic carbocycles. The molecule has 1 N–H and O–H groups in total. The predicted octanol–water partition coefficient (Wildman–Crippen LogP) is 3.92. The normalized spacial score (nSPS) is 33.7. The van der Waals surface area contributed by atoms with Gasteiger partial charge in [0.25, 0.3) is 0 Å². The summed E-state index contributed by atoms with van der Waals surface area (Å²) >= 11 is 0. The Hall–Kier alpha value is -0.300. The largest absolute Gasteiger partial charge is 0.393 e. The highest BCUT2D eigenvalue weighted by molar-refractivity contribution is 5.09. The lowest BCUT2D eigenvalue weighted by Gasteiger charge is -2.38. The van der Waals surface area contributed by atoms with Crippen molar-refractivity contribution in [1.82, 2.24) is 0 Å². The van der Waals surface area contributed by atoms with Crippen molar-refractivity contribution in [2.75, 3.05) is 0 Å². The van der Waals surface area contributed by atoms with Crippen LogP contribution in [-0.2, 0) is 0 Å². The molecule has 1 rings (SSSR count). The number of hydrogen-bond acceptors (Lipinski definition) is 1. The Bertz CT molecular complexity index is 231. The molecule has 0 fully saturated rings. The van der Waals surface area contributed by atoms with Crippen LogP contribution in [0.2, 0.25) is 0 Å². The fraction of sp³-hybridized carbons (Fsp3) is 0.857. The summed E-state index contributed by atoms with van der Waals surface area (Å²) in [6.07, 6.45) is 7.86. The SMILES string of the molecule is CC[C@H](O)CC[C@]1(C)CCC(C)=C[C@@H]1C. The van der Waals surface area contributed by atoms with E-state index in [-0.39, 0.29) is 6.10 Å². The van der Waals surface area contributed by atoms with E-state index in [4.69, 9.17) is 0 Å². The highest BCUT2D eigenvalue weighted by Gasteiger charge is 2.32. The quantitative estimate of drug-likeness (QED) is 0.697. The van der Waals surface area contributed by atoms with Crippen LogP contribution in [0.15, 0.2) is 11.6 Å². The summed E-state index contributed by atoms with van der Waals surface area (Å²) in [5.41, 5.74) is 1.95. The average Bonchev–Trinajstić information content (AvgIpc) is 2.21. The third kappa shape index (κ3) is 3.34. The van der Waals surface area contributed by atoms with Gasteiger partial charge < -0.3 is 5.11 Å². The van der Waals surface area contributed by atoms with E-state index in [9.17, 15) is 5.11 Å². The molecule has 3 atom stereocenters. The van der Waals surface area contributed by atoms with E-state index in [1.807, 2.05) is 0 Å². The Morgan fingerprint density at radius 1 is 1.60 bits per heavy atom. The van der Waals surface area contributed by atoms with Crippen molar-refractivity contribution in [2.24, 2.45) is 11.3 Å². The lowest BCUT2D eigenvalue weighted by molar-refractivity contribution is 0.112. The van der Waals surface area contributed by atoms with E-state index in [0.717, 1.165) is 19.3 Å². The van der Waals surface area contributed by atoms with Gasteiger partial charge in [0, 0.05) is 0 Å². The van der Waals surface area contributed by atoms with Gasteiger partial charge in [-0.25, -0.2) is 0 Å². The monoisotopic (exact) mass is 210 g/mol. The molecular weight excluding hydrogens is 184 g/mol. The molecule has 0 spiro atoms. The summed E-state index contributed by atoms with van der Waals surface area (Å²) in [5, 5.41) is 9.63. The van der Waals surface area contributed by atoms with Crippen LogP contribution >= 0.6 is 0 Å². The highest BCUT2D eigenvalue weighted by Crippen LogP contribution is 2.43. The van der Waals surface area contributed by atoms with Crippen molar-refractivity contribution in [3.63, 3.8) is 0 Å². The van der Waals surface area contributed by atoms with Crippen molar-refractivity contribution in [2.45, 2.75) is 65.9 Å². The van der Waals surface area contributed by atoms with Gasteiger partial charge in [0.05, 0.1) is 6.10 Å². The van der Waals surface area contributed by atoms with E-state index in [0.29, 0.717) is 11.3 Å². The molecule has 1 heteroatoms. The van der Waals surface area contributed by atoms with Crippen LogP contribution in [0.3, 0.4) is 0 Å². The first-order valence-corrected chi connectivity index (χ1v) is 6.33. The number of aliphatic hydroxyl groups is 1. The summed E-state index contributed by atoms with van der Waals surface area (Å²) in [7, 11) is 0. The molecule has 0 unspecified atom stereocenters. The highest BCUT2D eigenvalue weighted by atomic mass is 16.3. The molecule has 0 aromatic rings. The Kier molecular flexibility index (Phi) is 4.39. The van der Waals surface area contributed by atoms with Crippen LogP contribution in [-0.4, -0.2) is 11.2 Å². The standard InChI is InChI=1S/C14H26O/c1-5-13(15)7-9-14(4)8-6-11(2)10-12(14)3/h10,12-13,15H,5-9H2,1-4H3/t12-,13-,14-/m0/s1. The second-order valence-corrected chi connectivity index (χ2v) is 5.56. The van der Waals surface area contributed by atoms with Crippen LogP contribution in [0.1, 0.15) is 59.8 Å². The molecule has 1 aliphatic rings. The molecule has 0 aliphatic heterocycles. The smallest absolute Gasteiger partial charge is 0.0537 e. The molecule has 0 radical (unpaired) electrons. The molecule has 0 amide bonds. The van der Waals surface area contributed by atoms with E-state index in [2.05, 4.69) is 33.8 Å². The molecule has 15 heavy (non-hydrogen) atoms. The van der Waals surface area contributed by atoms with E-state index in [1.165, 1.54) is 18.4 Å². The predicted molar refractivity (Wildman–Crippen MR) is 65.8 cm³/mol. The molecule has 1 nitrogen and oxygen atoms in total. The zero-order valence-electron chi connectivity index (χ0n) is 10.7. The minimum absolute atomic E-state index is 0.0963. The molecule has 0 saturated heterocycles. The lowest BCUT2D eigenvalue weighted by Crippen LogP contribution is -2.28. The Morgan fingerprint density at radius 3 is 2.80 bits per heavy atom.